The van der Waals surface area contributed by atoms with Crippen LogP contribution in [0.15, 0.2) is 52.2 Å². The van der Waals surface area contributed by atoms with Gasteiger partial charge in [-0.25, -0.2) is 13.2 Å². The summed E-state index contributed by atoms with van der Waals surface area (Å²) in [5, 5.41) is 7.88. The first-order valence-electron chi connectivity index (χ1n) is 22.5. The monoisotopic (exact) mass is 903 g/mol. The highest BCUT2D eigenvalue weighted by Crippen LogP contribution is 2.35. The first-order valence-corrected chi connectivity index (χ1v) is 24.3. The largest absolute Gasteiger partial charge is 0.370 e. The van der Waals surface area contributed by atoms with E-state index in [-0.39, 0.29) is 54.2 Å². The second-order valence-electron chi connectivity index (χ2n) is 18.3. The molecule has 1 aliphatic carbocycles. The summed E-state index contributed by atoms with van der Waals surface area (Å²) in [6.07, 6.45) is 9.39. The molecule has 7 rings (SSSR count). The van der Waals surface area contributed by atoms with E-state index in [1.54, 1.807) is 28.6 Å². The van der Waals surface area contributed by atoms with Crippen LogP contribution in [0.4, 0.5) is 0 Å². The summed E-state index contributed by atoms with van der Waals surface area (Å²) in [7, 11) is -1.67. The van der Waals surface area contributed by atoms with E-state index in [9.17, 15) is 42.0 Å². The fourth-order valence-electron chi connectivity index (χ4n) is 10.1. The van der Waals surface area contributed by atoms with Gasteiger partial charge in [0.05, 0.1) is 22.0 Å². The van der Waals surface area contributed by atoms with E-state index in [1.807, 2.05) is 12.1 Å². The molecule has 3 aromatic rings. The van der Waals surface area contributed by atoms with Crippen LogP contribution in [0.3, 0.4) is 0 Å². The Morgan fingerprint density at radius 1 is 0.891 bits per heavy atom. The molecule has 7 N–H and O–H groups in total. The van der Waals surface area contributed by atoms with Gasteiger partial charge in [0.25, 0.3) is 0 Å². The van der Waals surface area contributed by atoms with Crippen molar-refractivity contribution in [3.05, 3.63) is 64.1 Å². The lowest BCUT2D eigenvalue weighted by molar-refractivity contribution is -0.143. The Morgan fingerprint density at radius 3 is 2.28 bits per heavy atom. The molecule has 346 valence electrons. The number of amides is 6. The van der Waals surface area contributed by atoms with Crippen molar-refractivity contribution in [1.29, 1.82) is 0 Å². The second kappa shape index (κ2) is 19.8. The summed E-state index contributed by atoms with van der Waals surface area (Å²) >= 11 is 0. The third-order valence-corrected chi connectivity index (χ3v) is 14.9. The van der Waals surface area contributed by atoms with Gasteiger partial charge in [-0.1, -0.05) is 31.0 Å². The van der Waals surface area contributed by atoms with Crippen LogP contribution in [0, 0.1) is 11.8 Å². The van der Waals surface area contributed by atoms with Gasteiger partial charge in [0.15, 0.2) is 9.84 Å². The van der Waals surface area contributed by atoms with Crippen molar-refractivity contribution in [2.75, 3.05) is 25.9 Å². The molecule has 0 spiro atoms. The summed E-state index contributed by atoms with van der Waals surface area (Å²) in [5.74, 6) is -1.66. The van der Waals surface area contributed by atoms with E-state index in [1.165, 1.54) is 16.7 Å². The number of hydrogen-bond acceptors (Lipinski definition) is 11. The first-order chi connectivity index (χ1) is 30.5. The fourth-order valence-corrected chi connectivity index (χ4v) is 10.7. The van der Waals surface area contributed by atoms with Gasteiger partial charge in [-0.15, -0.1) is 0 Å². The number of sulfone groups is 1. The van der Waals surface area contributed by atoms with E-state index in [0.29, 0.717) is 55.1 Å². The van der Waals surface area contributed by atoms with Crippen LogP contribution in [0.5, 0.6) is 0 Å². The molecule has 1 saturated carbocycles. The number of benzene rings is 2. The molecule has 6 amide bonds. The topological polar surface area (TPSA) is 258 Å². The number of fused-ring (bicyclic) bond motifs is 2. The maximum atomic E-state index is 13.9. The minimum atomic E-state index is -3.38. The van der Waals surface area contributed by atoms with Crippen LogP contribution in [0.1, 0.15) is 94.2 Å². The number of nitrogens with zero attached hydrogens (tertiary/aromatic N) is 4. The first kappa shape index (κ1) is 46.6. The van der Waals surface area contributed by atoms with E-state index < -0.39 is 57.6 Å². The van der Waals surface area contributed by atoms with Crippen LogP contribution in [-0.2, 0) is 58.6 Å². The molecule has 4 aliphatic rings. The van der Waals surface area contributed by atoms with E-state index in [2.05, 4.69) is 26.9 Å². The van der Waals surface area contributed by atoms with Crippen molar-refractivity contribution in [1.82, 2.24) is 34.9 Å². The molecular formula is C45H61N9O9S. The Bertz CT molecular complexity index is 2440. The molecule has 2 aromatic carbocycles. The van der Waals surface area contributed by atoms with Gasteiger partial charge in [0.1, 0.15) is 18.1 Å². The van der Waals surface area contributed by atoms with Crippen molar-refractivity contribution in [3.8, 4) is 0 Å². The Morgan fingerprint density at radius 2 is 1.59 bits per heavy atom. The molecule has 0 bridgehead atoms. The number of hydrogen-bond donors (Lipinski definition) is 5. The van der Waals surface area contributed by atoms with E-state index in [4.69, 9.17) is 11.5 Å². The average Bonchev–Trinajstić information content (AvgIpc) is 3.79. The van der Waals surface area contributed by atoms with Gasteiger partial charge >= 0.3 is 5.69 Å². The molecule has 19 heteroatoms. The van der Waals surface area contributed by atoms with E-state index >= 15 is 0 Å². The highest BCUT2D eigenvalue weighted by molar-refractivity contribution is 7.90. The van der Waals surface area contributed by atoms with Crippen LogP contribution in [-0.4, -0.2) is 113 Å². The van der Waals surface area contributed by atoms with Crippen molar-refractivity contribution in [2.45, 2.75) is 125 Å². The standard InChI is InChI=1S/C45H61N9O9S/c1-51-38-24-30(9-14-35(38)54(45(51)61)37-16-18-40(56)50-43(37)59)23-28-5-3-27(4-6-28)19-21-52-22-20-31-10-15-36(53(31)44(60)33(46)26-52)42(58)49-34(13-17-39(47)55)41(57)48-25-29-7-11-32(12-8-29)64(2,62)63/h7-9,11-12,14,24,27-28,31,33-34,36-37H,3-6,10,13,15-23,25-26,46H2,1-2H3,(H2,47,55)(H,48,57)(H,49,58)(H,50,56,59)/t27-,28+,31-,33+,34+,36+,37?/m1/s1. The van der Waals surface area contributed by atoms with Crippen molar-refractivity contribution in [3.63, 3.8) is 0 Å². The lowest BCUT2D eigenvalue weighted by Crippen LogP contribution is -2.60. The van der Waals surface area contributed by atoms with Crippen LogP contribution in [0.25, 0.3) is 11.0 Å². The number of carbonyl (C=O) groups is 6. The number of nitrogens with one attached hydrogen (secondary N) is 3. The lowest BCUT2D eigenvalue weighted by atomic mass is 9.78. The zero-order chi connectivity index (χ0) is 45.9. The normalized spacial score (nSPS) is 25.0. The summed E-state index contributed by atoms with van der Waals surface area (Å²) in [6.45, 7) is 1.98. The van der Waals surface area contributed by atoms with Gasteiger partial charge in [0.2, 0.25) is 35.4 Å². The Balaban J connectivity index is 0.883. The molecule has 1 aromatic heterocycles. The maximum Gasteiger partial charge on any atom is 0.329 e. The number of aryl methyl sites for hydroxylation is 1. The Hall–Kier alpha value is -5.40. The summed E-state index contributed by atoms with van der Waals surface area (Å²) < 4.78 is 26.7. The highest BCUT2D eigenvalue weighted by Gasteiger charge is 2.44. The van der Waals surface area contributed by atoms with Gasteiger partial charge in [-0.2, -0.15) is 0 Å². The molecule has 4 heterocycles. The Kier molecular flexibility index (Phi) is 14.4. The maximum absolute atomic E-state index is 13.9. The Labute approximate surface area is 372 Å². The zero-order valence-electron chi connectivity index (χ0n) is 36.6. The summed E-state index contributed by atoms with van der Waals surface area (Å²) in [4.78, 5) is 94.2. The third kappa shape index (κ3) is 10.7. The second-order valence-corrected chi connectivity index (χ2v) is 20.3. The predicted octanol–water partition coefficient (Wildman–Crippen LogP) is 0.920. The number of primary amides is 1. The molecule has 18 nitrogen and oxygen atoms in total. The number of rotatable bonds is 15. The summed E-state index contributed by atoms with van der Waals surface area (Å²) in [5.41, 5.74) is 14.9. The number of aromatic nitrogens is 2. The summed E-state index contributed by atoms with van der Waals surface area (Å²) in [6, 6.07) is 8.45. The van der Waals surface area contributed by atoms with Crippen molar-refractivity contribution in [2.24, 2.45) is 30.4 Å². The van der Waals surface area contributed by atoms with Crippen molar-refractivity contribution >= 4 is 56.3 Å². The van der Waals surface area contributed by atoms with E-state index in [0.717, 1.165) is 69.0 Å². The molecule has 0 radical (unpaired) electrons. The number of nitrogens with two attached hydrogens (primary N) is 2. The predicted molar refractivity (Wildman–Crippen MR) is 237 cm³/mol. The van der Waals surface area contributed by atoms with Crippen molar-refractivity contribution < 1.29 is 37.2 Å². The highest BCUT2D eigenvalue weighted by atomic mass is 32.2. The molecule has 3 aliphatic heterocycles. The van der Waals surface area contributed by atoms with Gasteiger partial charge in [-0.3, -0.25) is 43.2 Å². The minimum absolute atomic E-state index is 0.0373. The van der Waals surface area contributed by atoms with Gasteiger partial charge in [-0.05, 0) is 112 Å². The molecule has 5 atom stereocenters. The quantitative estimate of drug-likeness (QED) is 0.134. The molecule has 4 fully saturated rings. The zero-order valence-corrected chi connectivity index (χ0v) is 37.4. The van der Waals surface area contributed by atoms with Gasteiger partial charge < -0.3 is 31.9 Å². The number of imide groups is 1. The fraction of sp³-hybridized carbons (Fsp3) is 0.578. The molecule has 64 heavy (non-hydrogen) atoms. The lowest BCUT2D eigenvalue weighted by Gasteiger charge is -2.38. The number of piperidine rings is 1. The van der Waals surface area contributed by atoms with Crippen LogP contribution in [0.2, 0.25) is 0 Å². The smallest absolute Gasteiger partial charge is 0.329 e. The minimum Gasteiger partial charge on any atom is -0.370 e. The number of carbonyl (C=O) groups excluding carboxylic acids is 6. The SMILES string of the molecule is Cn1c(=O)n(C2CCC(=O)NC2=O)c2ccc(C[C@H]3CC[C@@H](CCN4CC[C@H]5CC[C@@H](C(=O)N[C@@H](CCC(N)=O)C(=O)NCc6ccc(S(C)(=O)=O)cc6)N5C(=O)[C@@H](N)C4)CC3)cc21. The third-order valence-electron chi connectivity index (χ3n) is 13.8. The number of imidazole rings is 1. The van der Waals surface area contributed by atoms with Crippen LogP contribution >= 0.6 is 0 Å². The van der Waals surface area contributed by atoms with Gasteiger partial charge in [0, 0.05) is 51.8 Å². The molecule has 3 saturated heterocycles. The average molecular weight is 904 g/mol. The molecule has 1 unspecified atom stereocenters. The molecular weight excluding hydrogens is 843 g/mol. The van der Waals surface area contributed by atoms with Crippen LogP contribution < -0.4 is 33.1 Å².